The van der Waals surface area contributed by atoms with Gasteiger partial charge in [0.15, 0.2) is 0 Å². The molecule has 1 aliphatic heterocycles. The fourth-order valence-electron chi connectivity index (χ4n) is 2.94. The highest BCUT2D eigenvalue weighted by Crippen LogP contribution is 2.14. The molecule has 0 aromatic heterocycles. The van der Waals surface area contributed by atoms with Crippen LogP contribution in [0.4, 0.5) is 0 Å². The molecule has 0 spiro atoms. The second-order valence-corrected chi connectivity index (χ2v) is 7.04. The van der Waals surface area contributed by atoms with Gasteiger partial charge in [-0.1, -0.05) is 59.8 Å². The minimum absolute atomic E-state index is 0.141. The number of unbranched alkanes of at least 4 members (excludes halogenated alkanes) is 3. The van der Waals surface area contributed by atoms with Gasteiger partial charge in [-0.25, -0.2) is 0 Å². The molecule has 0 aromatic rings. The van der Waals surface area contributed by atoms with Gasteiger partial charge in [0.05, 0.1) is 0 Å². The van der Waals surface area contributed by atoms with E-state index in [1.807, 2.05) is 18.7 Å². The van der Waals surface area contributed by atoms with Gasteiger partial charge in [-0.15, -0.1) is 0 Å². The van der Waals surface area contributed by atoms with Gasteiger partial charge in [-0.2, -0.15) is 0 Å². The molecule has 124 valence electrons. The molecule has 0 aromatic carbocycles. The molecule has 0 bridgehead atoms. The van der Waals surface area contributed by atoms with E-state index < -0.39 is 0 Å². The van der Waals surface area contributed by atoms with Crippen molar-refractivity contribution in [3.8, 4) is 0 Å². The Hall–Kier alpha value is -0.570. The maximum Gasteiger partial charge on any atom is 0.225 e. The lowest BCUT2D eigenvalue weighted by Gasteiger charge is -2.35. The maximum absolute atomic E-state index is 11.9. The molecule has 0 saturated carbocycles. The van der Waals surface area contributed by atoms with E-state index in [9.17, 15) is 4.79 Å². The van der Waals surface area contributed by atoms with Crippen LogP contribution in [0.2, 0.25) is 0 Å². The van der Waals surface area contributed by atoms with Crippen LogP contribution in [-0.4, -0.2) is 48.4 Å². The quantitative estimate of drug-likeness (QED) is 0.604. The summed E-state index contributed by atoms with van der Waals surface area (Å²) in [6.07, 6.45) is 8.17. The van der Waals surface area contributed by atoms with Gasteiger partial charge >= 0.3 is 0 Å². The van der Waals surface area contributed by atoms with Gasteiger partial charge in [0, 0.05) is 32.1 Å². The van der Waals surface area contributed by atoms with E-state index in [1.165, 1.54) is 45.1 Å². The topological polar surface area (TPSA) is 23.6 Å². The molecule has 0 aliphatic carbocycles. The molecule has 1 saturated heterocycles. The van der Waals surface area contributed by atoms with Gasteiger partial charge in [-0.3, -0.25) is 9.69 Å². The monoisotopic (exact) mass is 296 g/mol. The molecule has 3 heteroatoms. The van der Waals surface area contributed by atoms with E-state index in [-0.39, 0.29) is 5.92 Å². The Labute approximate surface area is 132 Å². The number of nitrogens with zero attached hydrogens (tertiary/aromatic N) is 2. The molecule has 1 heterocycles. The van der Waals surface area contributed by atoms with Crippen molar-refractivity contribution < 1.29 is 4.79 Å². The normalized spacial score (nSPS) is 18.2. The zero-order chi connectivity index (χ0) is 15.7. The Kier molecular flexibility index (Phi) is 8.98. The molecule has 1 unspecified atom stereocenters. The highest BCUT2D eigenvalue weighted by Gasteiger charge is 2.22. The first-order chi connectivity index (χ1) is 10.0. The van der Waals surface area contributed by atoms with Gasteiger partial charge < -0.3 is 4.90 Å². The van der Waals surface area contributed by atoms with Crippen LogP contribution in [0.1, 0.15) is 66.2 Å². The predicted molar refractivity (Wildman–Crippen MR) is 90.4 cm³/mol. The maximum atomic E-state index is 11.9. The van der Waals surface area contributed by atoms with Gasteiger partial charge in [0.2, 0.25) is 5.91 Å². The molecular formula is C18H36N2O. The standard InChI is InChI=1S/C18H36N2O/c1-5-17(4)10-8-6-7-9-11-19-12-14-20(15-13-19)18(21)16(2)3/h16-17H,5-15H2,1-4H3. The average molecular weight is 296 g/mol. The smallest absolute Gasteiger partial charge is 0.225 e. The van der Waals surface area contributed by atoms with Gasteiger partial charge in [0.1, 0.15) is 0 Å². The van der Waals surface area contributed by atoms with Gasteiger partial charge in [0.25, 0.3) is 0 Å². The molecule has 21 heavy (non-hydrogen) atoms. The number of hydrogen-bond acceptors (Lipinski definition) is 2. The predicted octanol–water partition coefficient (Wildman–Crippen LogP) is 3.78. The van der Waals surface area contributed by atoms with Crippen molar-refractivity contribution in [2.45, 2.75) is 66.2 Å². The van der Waals surface area contributed by atoms with Crippen LogP contribution in [0, 0.1) is 11.8 Å². The Morgan fingerprint density at radius 1 is 0.952 bits per heavy atom. The number of piperazine rings is 1. The Morgan fingerprint density at radius 2 is 1.57 bits per heavy atom. The lowest BCUT2D eigenvalue weighted by molar-refractivity contribution is -0.136. The Bertz CT molecular complexity index is 283. The highest BCUT2D eigenvalue weighted by atomic mass is 16.2. The lowest BCUT2D eigenvalue weighted by Crippen LogP contribution is -2.49. The van der Waals surface area contributed by atoms with Crippen LogP contribution < -0.4 is 0 Å². The third kappa shape index (κ3) is 7.30. The first-order valence-corrected chi connectivity index (χ1v) is 9.05. The summed E-state index contributed by atoms with van der Waals surface area (Å²) in [4.78, 5) is 16.5. The van der Waals surface area contributed by atoms with Crippen molar-refractivity contribution in [1.29, 1.82) is 0 Å². The summed E-state index contributed by atoms with van der Waals surface area (Å²) in [6, 6.07) is 0. The van der Waals surface area contributed by atoms with E-state index in [2.05, 4.69) is 18.7 Å². The molecule has 1 rings (SSSR count). The van der Waals surface area contributed by atoms with Crippen molar-refractivity contribution in [3.05, 3.63) is 0 Å². The SMILES string of the molecule is CCC(C)CCCCCCN1CCN(C(=O)C(C)C)CC1. The minimum atomic E-state index is 0.141. The summed E-state index contributed by atoms with van der Waals surface area (Å²) < 4.78 is 0. The minimum Gasteiger partial charge on any atom is -0.340 e. The molecule has 1 atom stereocenters. The zero-order valence-electron chi connectivity index (χ0n) is 14.7. The molecule has 3 nitrogen and oxygen atoms in total. The van der Waals surface area contributed by atoms with Crippen molar-refractivity contribution in [3.63, 3.8) is 0 Å². The van der Waals surface area contributed by atoms with Crippen molar-refractivity contribution in [2.75, 3.05) is 32.7 Å². The Balaban J connectivity index is 2.02. The zero-order valence-corrected chi connectivity index (χ0v) is 14.7. The van der Waals surface area contributed by atoms with Crippen LogP contribution in [0.15, 0.2) is 0 Å². The third-order valence-corrected chi connectivity index (χ3v) is 4.80. The largest absolute Gasteiger partial charge is 0.340 e. The second kappa shape index (κ2) is 10.2. The lowest BCUT2D eigenvalue weighted by atomic mass is 10.0. The van der Waals surface area contributed by atoms with Crippen LogP contribution in [0.3, 0.4) is 0 Å². The molecule has 0 N–H and O–H groups in total. The first kappa shape index (κ1) is 18.5. The van der Waals surface area contributed by atoms with Gasteiger partial charge in [-0.05, 0) is 18.9 Å². The molecule has 1 amide bonds. The Morgan fingerprint density at radius 3 is 2.14 bits per heavy atom. The second-order valence-electron chi connectivity index (χ2n) is 7.04. The highest BCUT2D eigenvalue weighted by molar-refractivity contribution is 5.78. The van der Waals surface area contributed by atoms with Crippen molar-refractivity contribution >= 4 is 5.91 Å². The molecular weight excluding hydrogens is 260 g/mol. The van der Waals surface area contributed by atoms with E-state index in [4.69, 9.17) is 0 Å². The summed E-state index contributed by atoms with van der Waals surface area (Å²) in [6.45, 7) is 13.8. The van der Waals surface area contributed by atoms with Crippen LogP contribution in [0.25, 0.3) is 0 Å². The van der Waals surface area contributed by atoms with Crippen LogP contribution in [-0.2, 0) is 4.79 Å². The molecule has 0 radical (unpaired) electrons. The third-order valence-electron chi connectivity index (χ3n) is 4.80. The fraction of sp³-hybridized carbons (Fsp3) is 0.944. The number of carbonyl (C=O) groups is 1. The van der Waals surface area contributed by atoms with Crippen LogP contribution in [0.5, 0.6) is 0 Å². The number of carbonyl (C=O) groups excluding carboxylic acids is 1. The molecule has 1 aliphatic rings. The summed E-state index contributed by atoms with van der Waals surface area (Å²) in [5, 5.41) is 0. The summed E-state index contributed by atoms with van der Waals surface area (Å²) in [7, 11) is 0. The molecule has 1 fully saturated rings. The summed E-state index contributed by atoms with van der Waals surface area (Å²) >= 11 is 0. The number of rotatable bonds is 9. The van der Waals surface area contributed by atoms with E-state index in [0.717, 1.165) is 32.1 Å². The van der Waals surface area contributed by atoms with E-state index in [1.54, 1.807) is 0 Å². The van der Waals surface area contributed by atoms with Crippen molar-refractivity contribution in [1.82, 2.24) is 9.80 Å². The summed E-state index contributed by atoms with van der Waals surface area (Å²) in [5.74, 6) is 1.36. The van der Waals surface area contributed by atoms with Crippen molar-refractivity contribution in [2.24, 2.45) is 11.8 Å². The average Bonchev–Trinajstić information content (AvgIpc) is 2.50. The number of hydrogen-bond donors (Lipinski definition) is 0. The number of amides is 1. The van der Waals surface area contributed by atoms with E-state index >= 15 is 0 Å². The summed E-state index contributed by atoms with van der Waals surface area (Å²) in [5.41, 5.74) is 0. The van der Waals surface area contributed by atoms with Crippen LogP contribution >= 0.6 is 0 Å². The van der Waals surface area contributed by atoms with E-state index in [0.29, 0.717) is 5.91 Å². The first-order valence-electron chi connectivity index (χ1n) is 9.05. The fourth-order valence-corrected chi connectivity index (χ4v) is 2.94.